The predicted molar refractivity (Wildman–Crippen MR) is 79.2 cm³/mol. The standard InChI is InChI=1S/C17H18N2O/c1-2-19-17(12-18)15-9-6-10-16(11-15)20-13-14-7-4-3-5-8-14/h3-11,17,19H,2,13H2,1H3. The van der Waals surface area contributed by atoms with Crippen molar-refractivity contribution in [3.63, 3.8) is 0 Å². The second-order valence-corrected chi connectivity index (χ2v) is 4.47. The van der Waals surface area contributed by atoms with E-state index in [-0.39, 0.29) is 6.04 Å². The lowest BCUT2D eigenvalue weighted by Crippen LogP contribution is -2.19. The zero-order chi connectivity index (χ0) is 14.2. The zero-order valence-electron chi connectivity index (χ0n) is 11.5. The zero-order valence-corrected chi connectivity index (χ0v) is 11.5. The molecule has 1 unspecified atom stereocenters. The molecule has 0 aromatic heterocycles. The molecule has 20 heavy (non-hydrogen) atoms. The Kier molecular flexibility index (Phi) is 5.16. The van der Waals surface area contributed by atoms with Crippen molar-refractivity contribution in [1.29, 1.82) is 5.26 Å². The fraction of sp³-hybridized carbons (Fsp3) is 0.235. The molecule has 0 fully saturated rings. The van der Waals surface area contributed by atoms with E-state index in [4.69, 9.17) is 10.00 Å². The van der Waals surface area contributed by atoms with Gasteiger partial charge in [-0.1, -0.05) is 49.4 Å². The SMILES string of the molecule is CCNC(C#N)c1cccc(OCc2ccccc2)c1. The smallest absolute Gasteiger partial charge is 0.121 e. The third kappa shape index (κ3) is 3.84. The van der Waals surface area contributed by atoms with Crippen LogP contribution in [-0.2, 0) is 6.61 Å². The van der Waals surface area contributed by atoms with E-state index in [0.29, 0.717) is 6.61 Å². The van der Waals surface area contributed by atoms with Crippen LogP contribution in [0, 0.1) is 11.3 Å². The predicted octanol–water partition coefficient (Wildman–Crippen LogP) is 3.44. The Labute approximate surface area is 119 Å². The van der Waals surface area contributed by atoms with Crippen LogP contribution < -0.4 is 10.1 Å². The molecule has 0 saturated heterocycles. The molecular formula is C17H18N2O. The molecule has 2 aromatic rings. The van der Waals surface area contributed by atoms with Crippen LogP contribution >= 0.6 is 0 Å². The second kappa shape index (κ2) is 7.32. The molecule has 0 spiro atoms. The molecular weight excluding hydrogens is 248 g/mol. The number of rotatable bonds is 6. The summed E-state index contributed by atoms with van der Waals surface area (Å²) in [7, 11) is 0. The van der Waals surface area contributed by atoms with Crippen molar-refractivity contribution in [2.45, 2.75) is 19.6 Å². The van der Waals surface area contributed by atoms with Gasteiger partial charge in [0.05, 0.1) is 6.07 Å². The highest BCUT2D eigenvalue weighted by molar-refractivity contribution is 5.33. The average molecular weight is 266 g/mol. The van der Waals surface area contributed by atoms with Gasteiger partial charge in [-0.15, -0.1) is 0 Å². The molecule has 2 aromatic carbocycles. The molecule has 0 aliphatic heterocycles. The number of nitriles is 1. The summed E-state index contributed by atoms with van der Waals surface area (Å²) in [6.45, 7) is 3.27. The molecule has 0 radical (unpaired) electrons. The Morgan fingerprint density at radius 1 is 1.15 bits per heavy atom. The topological polar surface area (TPSA) is 45.0 Å². The van der Waals surface area contributed by atoms with Crippen molar-refractivity contribution in [2.24, 2.45) is 0 Å². The monoisotopic (exact) mass is 266 g/mol. The third-order valence-corrected chi connectivity index (χ3v) is 2.98. The fourth-order valence-electron chi connectivity index (χ4n) is 1.97. The van der Waals surface area contributed by atoms with Crippen molar-refractivity contribution >= 4 is 0 Å². The highest BCUT2D eigenvalue weighted by Gasteiger charge is 2.09. The average Bonchev–Trinajstić information content (AvgIpc) is 2.52. The summed E-state index contributed by atoms with van der Waals surface area (Å²) in [5.74, 6) is 0.782. The lowest BCUT2D eigenvalue weighted by atomic mass is 10.1. The normalized spacial score (nSPS) is 11.6. The van der Waals surface area contributed by atoms with E-state index in [0.717, 1.165) is 23.4 Å². The number of hydrogen-bond donors (Lipinski definition) is 1. The molecule has 0 amide bonds. The van der Waals surface area contributed by atoms with Gasteiger partial charge in [0.1, 0.15) is 18.4 Å². The number of nitrogens with zero attached hydrogens (tertiary/aromatic N) is 1. The summed E-state index contributed by atoms with van der Waals surface area (Å²) in [6, 6.07) is 19.7. The Hall–Kier alpha value is -2.31. The molecule has 1 atom stereocenters. The van der Waals surface area contributed by atoms with E-state index in [2.05, 4.69) is 11.4 Å². The van der Waals surface area contributed by atoms with Crippen LogP contribution in [0.5, 0.6) is 5.75 Å². The van der Waals surface area contributed by atoms with Gasteiger partial charge in [-0.05, 0) is 29.8 Å². The minimum Gasteiger partial charge on any atom is -0.489 e. The minimum absolute atomic E-state index is 0.291. The van der Waals surface area contributed by atoms with Crippen LogP contribution in [0.2, 0.25) is 0 Å². The van der Waals surface area contributed by atoms with Gasteiger partial charge in [0.2, 0.25) is 0 Å². The van der Waals surface area contributed by atoms with E-state index >= 15 is 0 Å². The summed E-state index contributed by atoms with van der Waals surface area (Å²) in [4.78, 5) is 0. The van der Waals surface area contributed by atoms with Crippen molar-refractivity contribution in [3.8, 4) is 11.8 Å². The van der Waals surface area contributed by atoms with E-state index in [9.17, 15) is 0 Å². The Morgan fingerprint density at radius 3 is 2.65 bits per heavy atom. The quantitative estimate of drug-likeness (QED) is 0.871. The molecule has 0 aliphatic rings. The molecule has 0 saturated carbocycles. The first-order valence-electron chi connectivity index (χ1n) is 6.73. The maximum Gasteiger partial charge on any atom is 0.121 e. The highest BCUT2D eigenvalue weighted by Crippen LogP contribution is 2.20. The fourth-order valence-corrected chi connectivity index (χ4v) is 1.97. The molecule has 3 heteroatoms. The lowest BCUT2D eigenvalue weighted by Gasteiger charge is -2.12. The Bertz CT molecular complexity index is 575. The first-order chi connectivity index (χ1) is 9.83. The third-order valence-electron chi connectivity index (χ3n) is 2.98. The highest BCUT2D eigenvalue weighted by atomic mass is 16.5. The Balaban J connectivity index is 2.04. The van der Waals surface area contributed by atoms with Gasteiger partial charge in [0.25, 0.3) is 0 Å². The van der Waals surface area contributed by atoms with Gasteiger partial charge in [-0.2, -0.15) is 5.26 Å². The second-order valence-electron chi connectivity index (χ2n) is 4.47. The van der Waals surface area contributed by atoms with E-state index < -0.39 is 0 Å². The molecule has 0 aliphatic carbocycles. The van der Waals surface area contributed by atoms with Crippen LogP contribution in [0.1, 0.15) is 24.1 Å². The maximum absolute atomic E-state index is 9.16. The summed E-state index contributed by atoms with van der Waals surface area (Å²) in [6.07, 6.45) is 0. The molecule has 3 nitrogen and oxygen atoms in total. The Morgan fingerprint density at radius 2 is 1.95 bits per heavy atom. The van der Waals surface area contributed by atoms with E-state index in [1.165, 1.54) is 0 Å². The van der Waals surface area contributed by atoms with E-state index in [1.54, 1.807) is 0 Å². The largest absolute Gasteiger partial charge is 0.489 e. The number of nitrogens with one attached hydrogen (secondary N) is 1. The maximum atomic E-state index is 9.16. The van der Waals surface area contributed by atoms with Crippen LogP contribution in [0.3, 0.4) is 0 Å². The van der Waals surface area contributed by atoms with Gasteiger partial charge in [-0.3, -0.25) is 5.32 Å². The summed E-state index contributed by atoms with van der Waals surface area (Å²) < 4.78 is 5.77. The lowest BCUT2D eigenvalue weighted by molar-refractivity contribution is 0.305. The van der Waals surface area contributed by atoms with Gasteiger partial charge in [0.15, 0.2) is 0 Å². The first kappa shape index (κ1) is 14.1. The first-order valence-corrected chi connectivity index (χ1v) is 6.73. The number of hydrogen-bond acceptors (Lipinski definition) is 3. The molecule has 2 rings (SSSR count). The van der Waals surface area contributed by atoms with Crippen LogP contribution in [0.15, 0.2) is 54.6 Å². The van der Waals surface area contributed by atoms with E-state index in [1.807, 2.05) is 61.5 Å². The van der Waals surface area contributed by atoms with Crippen molar-refractivity contribution in [3.05, 3.63) is 65.7 Å². The number of ether oxygens (including phenoxy) is 1. The molecule has 102 valence electrons. The van der Waals surface area contributed by atoms with Crippen LogP contribution in [0.4, 0.5) is 0 Å². The van der Waals surface area contributed by atoms with Crippen molar-refractivity contribution < 1.29 is 4.74 Å². The summed E-state index contributed by atoms with van der Waals surface area (Å²) in [5, 5.41) is 12.3. The number of benzene rings is 2. The van der Waals surface area contributed by atoms with Gasteiger partial charge < -0.3 is 4.74 Å². The van der Waals surface area contributed by atoms with Gasteiger partial charge in [0, 0.05) is 0 Å². The summed E-state index contributed by atoms with van der Waals surface area (Å²) in [5.41, 5.74) is 2.06. The van der Waals surface area contributed by atoms with Crippen LogP contribution in [-0.4, -0.2) is 6.54 Å². The van der Waals surface area contributed by atoms with Crippen molar-refractivity contribution in [1.82, 2.24) is 5.32 Å². The minimum atomic E-state index is -0.291. The van der Waals surface area contributed by atoms with Crippen molar-refractivity contribution in [2.75, 3.05) is 6.54 Å². The summed E-state index contributed by atoms with van der Waals surface area (Å²) >= 11 is 0. The van der Waals surface area contributed by atoms with Crippen LogP contribution in [0.25, 0.3) is 0 Å². The van der Waals surface area contributed by atoms with Gasteiger partial charge in [-0.25, -0.2) is 0 Å². The molecule has 1 N–H and O–H groups in total. The molecule has 0 bridgehead atoms. The van der Waals surface area contributed by atoms with Gasteiger partial charge >= 0.3 is 0 Å². The molecule has 0 heterocycles.